The first-order valence-corrected chi connectivity index (χ1v) is 8.42. The maximum Gasteiger partial charge on any atom is 0.533 e. The second-order valence-corrected chi connectivity index (χ2v) is 8.17. The Bertz CT molecular complexity index is 388. The van der Waals surface area contributed by atoms with Crippen LogP contribution in [0.25, 0.3) is 0 Å². The van der Waals surface area contributed by atoms with Gasteiger partial charge < -0.3 is 9.47 Å². The van der Waals surface area contributed by atoms with Gasteiger partial charge in [0.2, 0.25) is 0 Å². The number of carbonyl (C=O) groups excluding carboxylic acids is 2. The lowest BCUT2D eigenvalue weighted by atomic mass is 10.2. The lowest BCUT2D eigenvalue weighted by molar-refractivity contribution is -0.157. The van der Waals surface area contributed by atoms with E-state index in [1.165, 1.54) is 0 Å². The minimum Gasteiger partial charge on any atom is -0.459 e. The molecule has 0 aromatic heterocycles. The van der Waals surface area contributed by atoms with Gasteiger partial charge in [-0.05, 0) is 60.0 Å². The molecule has 0 bridgehead atoms. The molecule has 0 spiro atoms. The maximum absolute atomic E-state index is 11.9. The van der Waals surface area contributed by atoms with Crippen molar-refractivity contribution in [1.29, 1.82) is 0 Å². The second kappa shape index (κ2) is 7.99. The molecule has 0 aliphatic rings. The highest BCUT2D eigenvalue weighted by molar-refractivity contribution is 7.40. The van der Waals surface area contributed by atoms with Gasteiger partial charge in [-0.25, -0.2) is 0 Å². The molecule has 7 nitrogen and oxygen atoms in total. The Morgan fingerprint density at radius 3 is 1.32 bits per heavy atom. The van der Waals surface area contributed by atoms with Crippen LogP contribution in [0.2, 0.25) is 0 Å². The van der Waals surface area contributed by atoms with E-state index in [0.29, 0.717) is 0 Å². The molecule has 2 atom stereocenters. The number of rotatable bonds is 6. The molecule has 2 N–H and O–H groups in total. The molecular formula is C14H28N2O5P+. The van der Waals surface area contributed by atoms with Crippen LogP contribution in [0.3, 0.4) is 0 Å². The molecule has 0 rings (SSSR count). The number of hydrogen-bond donors (Lipinski definition) is 2. The molecule has 0 aliphatic carbocycles. The molecular weight excluding hydrogens is 307 g/mol. The summed E-state index contributed by atoms with van der Waals surface area (Å²) in [5.41, 5.74) is -1.23. The van der Waals surface area contributed by atoms with Gasteiger partial charge in [-0.3, -0.25) is 9.59 Å². The fourth-order valence-electron chi connectivity index (χ4n) is 1.27. The Morgan fingerprint density at radius 2 is 1.09 bits per heavy atom. The topological polar surface area (TPSA) is 93.7 Å². The van der Waals surface area contributed by atoms with Crippen molar-refractivity contribution in [3.05, 3.63) is 0 Å². The monoisotopic (exact) mass is 335 g/mol. The van der Waals surface area contributed by atoms with Crippen LogP contribution in [0.5, 0.6) is 0 Å². The highest BCUT2D eigenvalue weighted by Crippen LogP contribution is 2.16. The summed E-state index contributed by atoms with van der Waals surface area (Å²) in [6, 6.07) is -1.53. The van der Waals surface area contributed by atoms with Gasteiger partial charge in [-0.1, -0.05) is 10.2 Å². The summed E-state index contributed by atoms with van der Waals surface area (Å²) in [7, 11) is -2.16. The van der Waals surface area contributed by atoms with Gasteiger partial charge in [0, 0.05) is 0 Å². The van der Waals surface area contributed by atoms with E-state index in [-0.39, 0.29) is 0 Å². The number of nitrogens with one attached hydrogen (secondary N) is 2. The molecule has 0 aliphatic heterocycles. The molecule has 0 saturated carbocycles. The molecule has 0 radical (unpaired) electrons. The van der Waals surface area contributed by atoms with Crippen molar-refractivity contribution in [1.82, 2.24) is 10.2 Å². The molecule has 128 valence electrons. The minimum atomic E-state index is -2.16. The van der Waals surface area contributed by atoms with E-state index in [1.54, 1.807) is 55.4 Å². The molecule has 0 unspecified atom stereocenters. The van der Waals surface area contributed by atoms with Crippen molar-refractivity contribution in [2.45, 2.75) is 78.7 Å². The van der Waals surface area contributed by atoms with Gasteiger partial charge in [0.25, 0.3) is 0 Å². The van der Waals surface area contributed by atoms with E-state index in [4.69, 9.17) is 9.47 Å². The smallest absolute Gasteiger partial charge is 0.459 e. The second-order valence-electron chi connectivity index (χ2n) is 7.06. The number of hydrogen-bond acceptors (Lipinski definition) is 5. The zero-order chi connectivity index (χ0) is 17.7. The van der Waals surface area contributed by atoms with Crippen LogP contribution in [0.15, 0.2) is 0 Å². The van der Waals surface area contributed by atoms with Gasteiger partial charge in [-0.15, -0.1) is 0 Å². The Morgan fingerprint density at radius 1 is 0.818 bits per heavy atom. The summed E-state index contributed by atoms with van der Waals surface area (Å²) in [6.45, 7) is 13.6. The number of carbonyl (C=O) groups is 2. The summed E-state index contributed by atoms with van der Waals surface area (Å²) >= 11 is 0. The lowest BCUT2D eigenvalue weighted by Gasteiger charge is -2.21. The van der Waals surface area contributed by atoms with E-state index in [1.807, 2.05) is 0 Å². The third-order valence-corrected chi connectivity index (χ3v) is 3.39. The average Bonchev–Trinajstić information content (AvgIpc) is 2.23. The zero-order valence-corrected chi connectivity index (χ0v) is 15.5. The normalized spacial score (nSPS) is 14.9. The standard InChI is InChI=1S/C14H28N2O5P/c1-9(11(17)20-13(3,4)5)15-22(19)16-10(2)12(18)21-14(6,7)8/h9-10H,1-8H3,(H2,15,16,19)/q+1/t9-,10-/m0/s1. The molecule has 0 amide bonds. The minimum absolute atomic E-state index is 0.512. The van der Waals surface area contributed by atoms with Gasteiger partial charge in [0.15, 0.2) is 0 Å². The number of esters is 2. The van der Waals surface area contributed by atoms with Crippen LogP contribution in [-0.2, 0) is 23.6 Å². The maximum atomic E-state index is 11.9. The molecule has 0 fully saturated rings. The summed E-state index contributed by atoms with van der Waals surface area (Å²) in [4.78, 5) is 23.5. The molecule has 0 aromatic rings. The van der Waals surface area contributed by atoms with Crippen LogP contribution >= 0.6 is 8.10 Å². The van der Waals surface area contributed by atoms with Gasteiger partial charge in [-0.2, -0.15) is 0 Å². The molecule has 0 saturated heterocycles. The van der Waals surface area contributed by atoms with E-state index in [2.05, 4.69) is 10.2 Å². The number of ether oxygens (including phenoxy) is 2. The predicted octanol–water partition coefficient (Wildman–Crippen LogP) is 2.28. The van der Waals surface area contributed by atoms with Crippen molar-refractivity contribution in [2.75, 3.05) is 0 Å². The SMILES string of the molecule is C[C@H](N[P+](=O)N[C@@H](C)C(=O)OC(C)(C)C)C(=O)OC(C)(C)C. The van der Waals surface area contributed by atoms with Crippen molar-refractivity contribution in [3.63, 3.8) is 0 Å². The van der Waals surface area contributed by atoms with Crippen molar-refractivity contribution in [3.8, 4) is 0 Å². The Labute approximate surface area is 133 Å². The Balaban J connectivity index is 4.39. The largest absolute Gasteiger partial charge is 0.533 e. The highest BCUT2D eigenvalue weighted by atomic mass is 31.1. The van der Waals surface area contributed by atoms with Crippen LogP contribution in [0.4, 0.5) is 0 Å². The van der Waals surface area contributed by atoms with Crippen LogP contribution in [-0.4, -0.2) is 35.2 Å². The molecule has 0 aromatic carbocycles. The fourth-order valence-corrected chi connectivity index (χ4v) is 2.26. The van der Waals surface area contributed by atoms with Crippen molar-refractivity contribution in [2.24, 2.45) is 0 Å². The Kier molecular flexibility index (Phi) is 7.62. The molecule has 22 heavy (non-hydrogen) atoms. The first-order valence-electron chi connectivity index (χ1n) is 7.16. The highest BCUT2D eigenvalue weighted by Gasteiger charge is 2.32. The van der Waals surface area contributed by atoms with Crippen molar-refractivity contribution < 1.29 is 23.6 Å². The lowest BCUT2D eigenvalue weighted by Crippen LogP contribution is -2.41. The van der Waals surface area contributed by atoms with Gasteiger partial charge >= 0.3 is 20.0 Å². The van der Waals surface area contributed by atoms with Gasteiger partial charge in [0.1, 0.15) is 23.3 Å². The quantitative estimate of drug-likeness (QED) is 0.568. The third-order valence-electron chi connectivity index (χ3n) is 2.14. The van der Waals surface area contributed by atoms with E-state index >= 15 is 0 Å². The average molecular weight is 335 g/mol. The van der Waals surface area contributed by atoms with Crippen LogP contribution in [0.1, 0.15) is 55.4 Å². The summed E-state index contributed by atoms with van der Waals surface area (Å²) < 4.78 is 22.3. The van der Waals surface area contributed by atoms with E-state index in [9.17, 15) is 14.2 Å². The summed E-state index contributed by atoms with van der Waals surface area (Å²) in [5.74, 6) is -1.02. The van der Waals surface area contributed by atoms with E-state index in [0.717, 1.165) is 0 Å². The first kappa shape index (κ1) is 21.0. The zero-order valence-electron chi connectivity index (χ0n) is 14.6. The van der Waals surface area contributed by atoms with Gasteiger partial charge in [0.05, 0.1) is 0 Å². The van der Waals surface area contributed by atoms with Crippen molar-refractivity contribution >= 4 is 20.0 Å². The molecule has 8 heteroatoms. The predicted molar refractivity (Wildman–Crippen MR) is 84.5 cm³/mol. The Hall–Kier alpha value is -1.04. The van der Waals surface area contributed by atoms with E-state index < -0.39 is 43.3 Å². The van der Waals surface area contributed by atoms with Crippen LogP contribution < -0.4 is 10.2 Å². The fraction of sp³-hybridized carbons (Fsp3) is 0.857. The first-order chi connectivity index (χ1) is 9.71. The van der Waals surface area contributed by atoms with Crippen LogP contribution in [0, 0.1) is 0 Å². The summed E-state index contributed by atoms with van der Waals surface area (Å²) in [6.07, 6.45) is 0. The third kappa shape index (κ3) is 9.82. The summed E-state index contributed by atoms with van der Waals surface area (Å²) in [5, 5.41) is 5.13. The molecule has 0 heterocycles.